The average molecular weight is 230 g/mol. The second kappa shape index (κ2) is 4.06. The number of aromatic nitrogens is 1. The highest BCUT2D eigenvalue weighted by molar-refractivity contribution is 9.10. The Kier molecular flexibility index (Phi) is 3.04. The van der Waals surface area contributed by atoms with Gasteiger partial charge in [-0.25, -0.2) is 9.78 Å². The Hall–Kier alpha value is -1.10. The Balaban J connectivity index is 2.69. The summed E-state index contributed by atoms with van der Waals surface area (Å²) in [7, 11) is 1.55. The number of amides is 2. The van der Waals surface area contributed by atoms with E-state index in [1.54, 1.807) is 25.4 Å². The first kappa shape index (κ1) is 8.99. The zero-order valence-electron chi connectivity index (χ0n) is 6.47. The van der Waals surface area contributed by atoms with Gasteiger partial charge in [0.15, 0.2) is 0 Å². The highest BCUT2D eigenvalue weighted by Crippen LogP contribution is 2.12. The molecule has 0 aromatic carbocycles. The monoisotopic (exact) mass is 229 g/mol. The van der Waals surface area contributed by atoms with Crippen LogP contribution in [0.5, 0.6) is 0 Å². The number of halogens is 1. The quantitative estimate of drug-likeness (QED) is 0.769. The molecule has 0 spiro atoms. The third kappa shape index (κ3) is 2.50. The summed E-state index contributed by atoms with van der Waals surface area (Å²) in [5, 5.41) is 4.97. The number of rotatable bonds is 1. The molecule has 2 amide bonds. The van der Waals surface area contributed by atoms with Gasteiger partial charge in [-0.1, -0.05) is 15.9 Å². The first-order valence-corrected chi connectivity index (χ1v) is 4.12. The predicted molar refractivity (Wildman–Crippen MR) is 50.0 cm³/mol. The van der Waals surface area contributed by atoms with Crippen molar-refractivity contribution >= 4 is 27.8 Å². The summed E-state index contributed by atoms with van der Waals surface area (Å²) >= 11 is 3.26. The summed E-state index contributed by atoms with van der Waals surface area (Å²) in [5.41, 5.74) is 0. The molecular formula is C7H8BrN3O. The molecule has 0 atom stereocenters. The van der Waals surface area contributed by atoms with Crippen LogP contribution in [0.25, 0.3) is 0 Å². The second-order valence-electron chi connectivity index (χ2n) is 2.06. The normalized spacial score (nSPS) is 9.17. The van der Waals surface area contributed by atoms with Gasteiger partial charge in [0.2, 0.25) is 0 Å². The maximum Gasteiger partial charge on any atom is 0.320 e. The second-order valence-corrected chi connectivity index (χ2v) is 2.98. The van der Waals surface area contributed by atoms with E-state index in [2.05, 4.69) is 31.5 Å². The number of hydrogen-bond donors (Lipinski definition) is 2. The van der Waals surface area contributed by atoms with Crippen LogP contribution in [0.2, 0.25) is 0 Å². The van der Waals surface area contributed by atoms with Crippen molar-refractivity contribution in [1.82, 2.24) is 10.3 Å². The molecule has 0 saturated carbocycles. The van der Waals surface area contributed by atoms with Gasteiger partial charge < -0.3 is 5.32 Å². The zero-order valence-corrected chi connectivity index (χ0v) is 8.05. The van der Waals surface area contributed by atoms with Crippen molar-refractivity contribution in [3.05, 3.63) is 22.8 Å². The fourth-order valence-corrected chi connectivity index (χ4v) is 0.987. The van der Waals surface area contributed by atoms with Crippen molar-refractivity contribution < 1.29 is 4.79 Å². The summed E-state index contributed by atoms with van der Waals surface area (Å²) in [5.74, 6) is 0.517. The van der Waals surface area contributed by atoms with Crippen LogP contribution in [0.1, 0.15) is 0 Å². The topological polar surface area (TPSA) is 54.0 Å². The van der Waals surface area contributed by atoms with Gasteiger partial charge in [0.05, 0.1) is 0 Å². The Labute approximate surface area is 78.5 Å². The van der Waals surface area contributed by atoms with Gasteiger partial charge >= 0.3 is 6.03 Å². The molecule has 0 unspecified atom stereocenters. The number of urea groups is 1. The van der Waals surface area contributed by atoms with E-state index in [1.807, 2.05) is 0 Å². The lowest BCUT2D eigenvalue weighted by Crippen LogP contribution is -2.24. The number of anilines is 1. The molecule has 0 saturated heterocycles. The number of nitrogens with zero attached hydrogens (tertiary/aromatic N) is 1. The SMILES string of the molecule is CNC(=O)Nc1cc(Br)ccn1. The average Bonchev–Trinajstić information content (AvgIpc) is 2.04. The molecule has 0 aliphatic heterocycles. The summed E-state index contributed by atoms with van der Waals surface area (Å²) in [6.07, 6.45) is 1.61. The van der Waals surface area contributed by atoms with E-state index >= 15 is 0 Å². The molecule has 4 nitrogen and oxygen atoms in total. The largest absolute Gasteiger partial charge is 0.341 e. The van der Waals surface area contributed by atoms with Crippen molar-refractivity contribution in [2.75, 3.05) is 12.4 Å². The van der Waals surface area contributed by atoms with Crippen molar-refractivity contribution in [3.8, 4) is 0 Å². The minimum absolute atomic E-state index is 0.277. The molecule has 12 heavy (non-hydrogen) atoms. The van der Waals surface area contributed by atoms with Gasteiger partial charge in [-0.2, -0.15) is 0 Å². The molecule has 0 aliphatic carbocycles. The van der Waals surface area contributed by atoms with Gasteiger partial charge in [0.1, 0.15) is 5.82 Å². The number of pyridine rings is 1. The summed E-state index contributed by atoms with van der Waals surface area (Å²) in [4.78, 5) is 14.7. The fourth-order valence-electron chi connectivity index (χ4n) is 0.652. The van der Waals surface area contributed by atoms with Gasteiger partial charge in [0, 0.05) is 17.7 Å². The highest BCUT2D eigenvalue weighted by Gasteiger charge is 1.98. The van der Waals surface area contributed by atoms with Gasteiger partial charge in [-0.3, -0.25) is 5.32 Å². The van der Waals surface area contributed by atoms with Crippen LogP contribution >= 0.6 is 15.9 Å². The lowest BCUT2D eigenvalue weighted by Gasteiger charge is -2.02. The van der Waals surface area contributed by atoms with Crippen LogP contribution in [0.3, 0.4) is 0 Å². The molecule has 5 heteroatoms. The third-order valence-electron chi connectivity index (χ3n) is 1.19. The smallest absolute Gasteiger partial charge is 0.320 e. The predicted octanol–water partition coefficient (Wildman–Crippen LogP) is 1.60. The van der Waals surface area contributed by atoms with Crippen molar-refractivity contribution in [1.29, 1.82) is 0 Å². The maximum absolute atomic E-state index is 10.8. The Morgan fingerprint density at radius 3 is 3.00 bits per heavy atom. The molecule has 1 aromatic heterocycles. The number of carbonyl (C=O) groups excluding carboxylic acids is 1. The zero-order chi connectivity index (χ0) is 8.97. The lowest BCUT2D eigenvalue weighted by molar-refractivity contribution is 0.254. The first-order valence-electron chi connectivity index (χ1n) is 3.32. The lowest BCUT2D eigenvalue weighted by atomic mass is 10.5. The summed E-state index contributed by atoms with van der Waals surface area (Å²) in [6.45, 7) is 0. The van der Waals surface area contributed by atoms with E-state index in [-0.39, 0.29) is 6.03 Å². The molecule has 2 N–H and O–H groups in total. The molecule has 1 rings (SSSR count). The molecule has 0 bridgehead atoms. The fraction of sp³-hybridized carbons (Fsp3) is 0.143. The Morgan fingerprint density at radius 2 is 2.42 bits per heavy atom. The van der Waals surface area contributed by atoms with E-state index in [4.69, 9.17) is 0 Å². The van der Waals surface area contributed by atoms with Gasteiger partial charge in [-0.15, -0.1) is 0 Å². The van der Waals surface area contributed by atoms with Crippen molar-refractivity contribution in [3.63, 3.8) is 0 Å². The van der Waals surface area contributed by atoms with Crippen LogP contribution in [0, 0.1) is 0 Å². The summed E-state index contributed by atoms with van der Waals surface area (Å²) < 4.78 is 0.879. The summed E-state index contributed by atoms with van der Waals surface area (Å²) in [6, 6.07) is 3.23. The number of nitrogens with one attached hydrogen (secondary N) is 2. The minimum Gasteiger partial charge on any atom is -0.341 e. The van der Waals surface area contributed by atoms with Crippen molar-refractivity contribution in [2.24, 2.45) is 0 Å². The van der Waals surface area contributed by atoms with Crippen LogP contribution < -0.4 is 10.6 Å². The molecule has 0 radical (unpaired) electrons. The van der Waals surface area contributed by atoms with E-state index in [9.17, 15) is 4.79 Å². The minimum atomic E-state index is -0.277. The highest BCUT2D eigenvalue weighted by atomic mass is 79.9. The van der Waals surface area contributed by atoms with Gasteiger partial charge in [0.25, 0.3) is 0 Å². The Bertz CT molecular complexity index is 290. The molecule has 0 aliphatic rings. The first-order chi connectivity index (χ1) is 5.72. The molecule has 0 fully saturated rings. The van der Waals surface area contributed by atoms with Crippen LogP contribution in [-0.2, 0) is 0 Å². The molecule has 64 valence electrons. The van der Waals surface area contributed by atoms with Crippen LogP contribution in [0.4, 0.5) is 10.6 Å². The maximum atomic E-state index is 10.8. The third-order valence-corrected chi connectivity index (χ3v) is 1.68. The molecule has 1 aromatic rings. The van der Waals surface area contributed by atoms with E-state index in [0.29, 0.717) is 5.82 Å². The Morgan fingerprint density at radius 1 is 1.67 bits per heavy atom. The van der Waals surface area contributed by atoms with E-state index in [1.165, 1.54) is 0 Å². The standard InChI is InChI=1S/C7H8BrN3O/c1-9-7(12)11-6-4-5(8)2-3-10-6/h2-4H,1H3,(H2,9,10,11,12). The molecule has 1 heterocycles. The van der Waals surface area contributed by atoms with E-state index in [0.717, 1.165) is 4.47 Å². The number of carbonyl (C=O) groups is 1. The number of hydrogen-bond acceptors (Lipinski definition) is 2. The van der Waals surface area contributed by atoms with Crippen LogP contribution in [-0.4, -0.2) is 18.1 Å². The van der Waals surface area contributed by atoms with Crippen LogP contribution in [0.15, 0.2) is 22.8 Å². The van der Waals surface area contributed by atoms with Crippen molar-refractivity contribution in [2.45, 2.75) is 0 Å². The molecular weight excluding hydrogens is 222 g/mol. The van der Waals surface area contributed by atoms with E-state index < -0.39 is 0 Å². The van der Waals surface area contributed by atoms with Gasteiger partial charge in [-0.05, 0) is 12.1 Å².